The first-order valence-electron chi connectivity index (χ1n) is 11.0. The molecule has 1 aromatic heterocycles. The lowest BCUT2D eigenvalue weighted by Gasteiger charge is -2.54. The van der Waals surface area contributed by atoms with Crippen molar-refractivity contribution in [3.8, 4) is 0 Å². The van der Waals surface area contributed by atoms with Crippen LogP contribution in [0.4, 0.5) is 5.00 Å². The molecule has 0 aromatic carbocycles. The second-order valence-corrected chi connectivity index (χ2v) is 10.2. The zero-order valence-electron chi connectivity index (χ0n) is 17.8. The molecule has 5 rings (SSSR count). The molecular weight excluding hydrogens is 420 g/mol. The van der Waals surface area contributed by atoms with E-state index in [1.807, 2.05) is 0 Å². The highest BCUT2D eigenvalue weighted by atomic mass is 32.1. The normalized spacial score (nSPS) is 28.8. The Hall–Kier alpha value is -1.67. The van der Waals surface area contributed by atoms with Crippen molar-refractivity contribution in [1.29, 1.82) is 0 Å². The molecule has 4 saturated carbocycles. The van der Waals surface area contributed by atoms with E-state index in [9.17, 15) is 9.59 Å². The van der Waals surface area contributed by atoms with E-state index in [-0.39, 0.29) is 13.2 Å². The first-order valence-corrected chi connectivity index (χ1v) is 12.2. The van der Waals surface area contributed by atoms with Crippen LogP contribution in [0.5, 0.6) is 0 Å². The molecule has 30 heavy (non-hydrogen) atoms. The summed E-state index contributed by atoms with van der Waals surface area (Å²) >= 11 is 6.83. The van der Waals surface area contributed by atoms with Gasteiger partial charge in [-0.25, -0.2) is 9.59 Å². The van der Waals surface area contributed by atoms with Gasteiger partial charge in [0.15, 0.2) is 5.11 Å². The van der Waals surface area contributed by atoms with Crippen molar-refractivity contribution in [1.82, 2.24) is 5.32 Å². The third kappa shape index (κ3) is 4.08. The molecule has 1 heterocycles. The van der Waals surface area contributed by atoms with Gasteiger partial charge in [0.2, 0.25) is 0 Å². The Kier molecular flexibility index (Phi) is 6.34. The lowest BCUT2D eigenvalue weighted by atomic mass is 9.54. The molecule has 0 aliphatic heterocycles. The Morgan fingerprint density at radius 1 is 1.00 bits per heavy atom. The van der Waals surface area contributed by atoms with Gasteiger partial charge < -0.3 is 20.1 Å². The van der Waals surface area contributed by atoms with Crippen LogP contribution in [0.15, 0.2) is 0 Å². The standard InChI is InChI=1S/C22H30N2O4S2/c1-4-27-20(25)16-11(3)18(21(26)28-5-2)30-19(16)24-22(29)23-17-14-7-12-6-13(9-14)10-15(17)8-12/h12-15,17H,4-10H2,1-3H3,(H2,23,24,29). The number of rotatable bonds is 6. The number of thiocarbonyl (C=S) groups is 1. The van der Waals surface area contributed by atoms with E-state index in [1.165, 1.54) is 43.4 Å². The topological polar surface area (TPSA) is 76.7 Å². The number of anilines is 1. The summed E-state index contributed by atoms with van der Waals surface area (Å²) in [6.45, 7) is 5.81. The second-order valence-electron chi connectivity index (χ2n) is 8.76. The smallest absolute Gasteiger partial charge is 0.348 e. The molecule has 4 fully saturated rings. The van der Waals surface area contributed by atoms with Gasteiger partial charge in [0.25, 0.3) is 0 Å². The van der Waals surface area contributed by atoms with E-state index < -0.39 is 11.9 Å². The Balaban J connectivity index is 1.51. The van der Waals surface area contributed by atoms with Gasteiger partial charge in [0.05, 0.1) is 18.8 Å². The van der Waals surface area contributed by atoms with Crippen molar-refractivity contribution < 1.29 is 19.1 Å². The van der Waals surface area contributed by atoms with Crippen LogP contribution in [0.25, 0.3) is 0 Å². The third-order valence-corrected chi connectivity index (χ3v) is 8.25. The number of carbonyl (C=O) groups is 2. The maximum absolute atomic E-state index is 12.6. The fraction of sp³-hybridized carbons (Fsp3) is 0.682. The molecule has 0 saturated heterocycles. The Morgan fingerprint density at radius 3 is 2.13 bits per heavy atom. The van der Waals surface area contributed by atoms with Crippen LogP contribution >= 0.6 is 23.6 Å². The van der Waals surface area contributed by atoms with Crippen LogP contribution in [-0.4, -0.2) is 36.3 Å². The van der Waals surface area contributed by atoms with E-state index in [4.69, 9.17) is 21.7 Å². The summed E-state index contributed by atoms with van der Waals surface area (Å²) in [4.78, 5) is 25.3. The highest BCUT2D eigenvalue weighted by Gasteiger charge is 2.48. The van der Waals surface area contributed by atoms with Crippen LogP contribution < -0.4 is 10.6 Å². The lowest BCUT2D eigenvalue weighted by Crippen LogP contribution is -2.56. The minimum atomic E-state index is -0.457. The molecule has 1 aromatic rings. The number of ether oxygens (including phenoxy) is 2. The van der Waals surface area contributed by atoms with Gasteiger partial charge >= 0.3 is 11.9 Å². The molecule has 6 nitrogen and oxygen atoms in total. The summed E-state index contributed by atoms with van der Waals surface area (Å²) in [5, 5.41) is 7.79. The molecular formula is C22H30N2O4S2. The summed E-state index contributed by atoms with van der Waals surface area (Å²) < 4.78 is 10.4. The van der Waals surface area contributed by atoms with Gasteiger partial charge in [-0.15, -0.1) is 11.3 Å². The average Bonchev–Trinajstić information content (AvgIpc) is 3.00. The first kappa shape index (κ1) is 21.6. The van der Waals surface area contributed by atoms with Crippen molar-refractivity contribution >= 4 is 45.6 Å². The fourth-order valence-electron chi connectivity index (χ4n) is 5.89. The monoisotopic (exact) mass is 450 g/mol. The number of nitrogens with one attached hydrogen (secondary N) is 2. The molecule has 0 amide bonds. The summed E-state index contributed by atoms with van der Waals surface area (Å²) in [6, 6.07) is 0.398. The molecule has 4 bridgehead atoms. The fourth-order valence-corrected chi connectivity index (χ4v) is 7.29. The molecule has 8 heteroatoms. The summed E-state index contributed by atoms with van der Waals surface area (Å²) in [6.07, 6.45) is 6.61. The van der Waals surface area contributed by atoms with Crippen LogP contribution in [0.2, 0.25) is 0 Å². The first-order chi connectivity index (χ1) is 14.4. The predicted molar refractivity (Wildman–Crippen MR) is 121 cm³/mol. The molecule has 164 valence electrons. The van der Waals surface area contributed by atoms with Gasteiger partial charge in [-0.05, 0) is 94.3 Å². The quantitative estimate of drug-likeness (QED) is 0.487. The molecule has 4 aliphatic carbocycles. The molecule has 0 atom stereocenters. The van der Waals surface area contributed by atoms with Crippen molar-refractivity contribution in [2.45, 2.75) is 58.9 Å². The third-order valence-electron chi connectivity index (χ3n) is 6.84. The van der Waals surface area contributed by atoms with Crippen molar-refractivity contribution in [2.24, 2.45) is 23.7 Å². The summed E-state index contributed by atoms with van der Waals surface area (Å²) in [5.41, 5.74) is 0.927. The highest BCUT2D eigenvalue weighted by molar-refractivity contribution is 7.80. The molecule has 0 unspecified atom stereocenters. The molecule has 4 aliphatic rings. The zero-order chi connectivity index (χ0) is 21.4. The van der Waals surface area contributed by atoms with Crippen molar-refractivity contribution in [3.63, 3.8) is 0 Å². The molecule has 0 spiro atoms. The second kappa shape index (κ2) is 8.83. The Bertz CT molecular complexity index is 822. The largest absolute Gasteiger partial charge is 0.462 e. The van der Waals surface area contributed by atoms with Crippen LogP contribution in [0, 0.1) is 30.6 Å². The number of hydrogen-bond acceptors (Lipinski definition) is 6. The van der Waals surface area contributed by atoms with Gasteiger partial charge in [-0.3, -0.25) is 0 Å². The van der Waals surface area contributed by atoms with E-state index in [2.05, 4.69) is 10.6 Å². The SMILES string of the molecule is CCOC(=O)c1sc(NC(=S)NC2C3CC4CC(C3)CC2C4)c(C(=O)OCC)c1C. The van der Waals surface area contributed by atoms with Gasteiger partial charge in [-0.2, -0.15) is 0 Å². The predicted octanol–water partition coefficient (Wildman–Crippen LogP) is 4.52. The maximum Gasteiger partial charge on any atom is 0.348 e. The van der Waals surface area contributed by atoms with Crippen molar-refractivity contribution in [2.75, 3.05) is 18.5 Å². The zero-order valence-corrected chi connectivity index (χ0v) is 19.4. The van der Waals surface area contributed by atoms with Crippen LogP contribution in [-0.2, 0) is 9.47 Å². The average molecular weight is 451 g/mol. The van der Waals surface area contributed by atoms with E-state index in [0.29, 0.717) is 44.0 Å². The summed E-state index contributed by atoms with van der Waals surface area (Å²) in [7, 11) is 0. The van der Waals surface area contributed by atoms with Gasteiger partial charge in [-0.1, -0.05) is 0 Å². The van der Waals surface area contributed by atoms with Gasteiger partial charge in [0, 0.05) is 6.04 Å². The number of carbonyl (C=O) groups excluding carboxylic acids is 2. The maximum atomic E-state index is 12.6. The Labute approximate surface area is 187 Å². The van der Waals surface area contributed by atoms with Crippen molar-refractivity contribution in [3.05, 3.63) is 16.0 Å². The summed E-state index contributed by atoms with van der Waals surface area (Å²) in [5.74, 6) is 2.28. The highest BCUT2D eigenvalue weighted by Crippen LogP contribution is 2.53. The number of thiophene rings is 1. The van der Waals surface area contributed by atoms with E-state index >= 15 is 0 Å². The number of esters is 2. The van der Waals surface area contributed by atoms with Crippen LogP contribution in [0.3, 0.4) is 0 Å². The molecule has 2 N–H and O–H groups in total. The van der Waals surface area contributed by atoms with E-state index in [1.54, 1.807) is 20.8 Å². The minimum Gasteiger partial charge on any atom is -0.462 e. The minimum absolute atomic E-state index is 0.263. The number of hydrogen-bond donors (Lipinski definition) is 2. The van der Waals surface area contributed by atoms with Gasteiger partial charge in [0.1, 0.15) is 9.88 Å². The molecule has 0 radical (unpaired) electrons. The van der Waals surface area contributed by atoms with Crippen LogP contribution in [0.1, 0.15) is 71.5 Å². The Morgan fingerprint density at radius 2 is 1.57 bits per heavy atom. The lowest BCUT2D eigenvalue weighted by molar-refractivity contribution is -0.00665. The van der Waals surface area contributed by atoms with E-state index in [0.717, 1.165) is 11.8 Å².